The molecule has 0 unspecified atom stereocenters. The number of thioether (sulfide) groups is 1. The fraction of sp³-hybridized carbons (Fsp3) is 0.0667. The van der Waals surface area contributed by atoms with Crippen molar-refractivity contribution >= 4 is 22.6 Å². The van der Waals surface area contributed by atoms with Gasteiger partial charge in [0, 0.05) is 6.07 Å². The third kappa shape index (κ3) is 4.04. The fourth-order valence-electron chi connectivity index (χ4n) is 1.74. The van der Waals surface area contributed by atoms with Crippen molar-refractivity contribution in [3.8, 4) is 17.3 Å². The van der Waals surface area contributed by atoms with Gasteiger partial charge in [-0.3, -0.25) is 5.32 Å². The minimum absolute atomic E-state index is 0.461. The van der Waals surface area contributed by atoms with Crippen molar-refractivity contribution in [2.45, 2.75) is 0 Å². The van der Waals surface area contributed by atoms with Crippen molar-refractivity contribution in [2.75, 3.05) is 6.26 Å². The number of benzene rings is 2. The second-order valence-corrected chi connectivity index (χ2v) is 4.86. The highest BCUT2D eigenvalue weighted by atomic mass is 32.2. The topological polar surface area (TPSA) is 48.2 Å². The molecule has 0 spiro atoms. The van der Waals surface area contributed by atoms with Crippen molar-refractivity contribution in [3.05, 3.63) is 54.1 Å². The van der Waals surface area contributed by atoms with Gasteiger partial charge in [-0.1, -0.05) is 23.9 Å². The number of nitrogens with zero attached hydrogens (tertiary/aromatic N) is 2. The van der Waals surface area contributed by atoms with Gasteiger partial charge in [-0.15, -0.1) is 0 Å². The van der Waals surface area contributed by atoms with E-state index in [2.05, 4.69) is 10.3 Å². The number of nitriles is 1. The van der Waals surface area contributed by atoms with Gasteiger partial charge in [0.05, 0.1) is 5.69 Å². The Bertz CT molecular complexity index is 686. The molecular weight excluding hydrogens is 292 g/mol. The molecule has 0 amide bonds. The average molecular weight is 303 g/mol. The molecule has 1 N–H and O–H groups in total. The Morgan fingerprint density at radius 1 is 1.10 bits per heavy atom. The van der Waals surface area contributed by atoms with Crippen molar-refractivity contribution in [1.29, 1.82) is 5.26 Å². The molecule has 3 nitrogen and oxygen atoms in total. The molecule has 0 aliphatic rings. The average Bonchev–Trinajstić information content (AvgIpc) is 2.46. The molecule has 0 saturated heterocycles. The summed E-state index contributed by atoms with van der Waals surface area (Å²) in [5.74, 6) is -1.23. The predicted octanol–water partition coefficient (Wildman–Crippen LogP) is 4.05. The molecule has 0 saturated carbocycles. The third-order valence-corrected chi connectivity index (χ3v) is 3.23. The smallest absolute Gasteiger partial charge is 0.183 e. The van der Waals surface area contributed by atoms with Crippen LogP contribution in [0.15, 0.2) is 47.5 Å². The maximum atomic E-state index is 13.2. The largest absolute Gasteiger partial charge is 0.271 e. The standard InChI is InChI=1S/C15H11F2N3S/c1-21-15(19-9-18)20-14-4-2-10(3-5-14)11-6-12(16)8-13(17)7-11/h2-8H,1H3,(H,19,20). The van der Waals surface area contributed by atoms with Gasteiger partial charge >= 0.3 is 0 Å². The first-order valence-electron chi connectivity index (χ1n) is 5.96. The summed E-state index contributed by atoms with van der Waals surface area (Å²) in [4.78, 5) is 4.23. The lowest BCUT2D eigenvalue weighted by Gasteiger charge is -2.04. The number of rotatable bonds is 2. The van der Waals surface area contributed by atoms with Gasteiger partial charge in [-0.2, -0.15) is 5.26 Å². The molecule has 106 valence electrons. The molecule has 0 bridgehead atoms. The number of hydrogen-bond donors (Lipinski definition) is 1. The van der Waals surface area contributed by atoms with Gasteiger partial charge < -0.3 is 0 Å². The first-order valence-corrected chi connectivity index (χ1v) is 7.19. The second kappa shape index (κ2) is 6.86. The molecule has 2 aromatic carbocycles. The van der Waals surface area contributed by atoms with Crippen LogP contribution < -0.4 is 5.32 Å². The van der Waals surface area contributed by atoms with Gasteiger partial charge in [0.2, 0.25) is 0 Å². The van der Waals surface area contributed by atoms with Gasteiger partial charge in [-0.25, -0.2) is 13.8 Å². The number of nitrogens with one attached hydrogen (secondary N) is 1. The van der Waals surface area contributed by atoms with E-state index in [0.717, 1.165) is 6.07 Å². The van der Waals surface area contributed by atoms with Crippen LogP contribution in [0.1, 0.15) is 0 Å². The van der Waals surface area contributed by atoms with E-state index in [1.165, 1.54) is 23.9 Å². The summed E-state index contributed by atoms with van der Waals surface area (Å²) in [6.07, 6.45) is 3.60. The number of halogens is 2. The first kappa shape index (κ1) is 15.0. The highest BCUT2D eigenvalue weighted by Crippen LogP contribution is 2.24. The lowest BCUT2D eigenvalue weighted by atomic mass is 10.1. The summed E-state index contributed by atoms with van der Waals surface area (Å²) in [6, 6.07) is 10.2. The summed E-state index contributed by atoms with van der Waals surface area (Å²) in [5.41, 5.74) is 1.79. The molecule has 0 fully saturated rings. The quantitative estimate of drug-likeness (QED) is 0.394. The molecule has 2 rings (SSSR count). The van der Waals surface area contributed by atoms with E-state index in [1.54, 1.807) is 36.7 Å². The van der Waals surface area contributed by atoms with Gasteiger partial charge in [0.15, 0.2) is 11.4 Å². The Morgan fingerprint density at radius 2 is 1.71 bits per heavy atom. The van der Waals surface area contributed by atoms with Crippen LogP contribution in [0.5, 0.6) is 0 Å². The first-order chi connectivity index (χ1) is 10.1. The Labute approximate surface area is 125 Å². The van der Waals surface area contributed by atoms with E-state index in [9.17, 15) is 8.78 Å². The zero-order chi connectivity index (χ0) is 15.2. The Kier molecular flexibility index (Phi) is 4.90. The van der Waals surface area contributed by atoms with Crippen LogP contribution in [0.25, 0.3) is 11.1 Å². The van der Waals surface area contributed by atoms with Crippen molar-refractivity contribution in [3.63, 3.8) is 0 Å². The second-order valence-electron chi connectivity index (χ2n) is 4.06. The number of hydrogen-bond acceptors (Lipinski definition) is 3. The maximum absolute atomic E-state index is 13.2. The Hall–Kier alpha value is -2.39. The SMILES string of the molecule is CSC(=Nc1ccc(-c2cc(F)cc(F)c2)cc1)NC#N. The highest BCUT2D eigenvalue weighted by molar-refractivity contribution is 8.13. The lowest BCUT2D eigenvalue weighted by molar-refractivity contribution is 0.584. The van der Waals surface area contributed by atoms with Crippen LogP contribution in [0, 0.1) is 23.1 Å². The molecule has 0 heterocycles. The maximum Gasteiger partial charge on any atom is 0.183 e. The van der Waals surface area contributed by atoms with E-state index < -0.39 is 11.6 Å². The van der Waals surface area contributed by atoms with Gasteiger partial charge in [-0.05, 0) is 41.6 Å². The van der Waals surface area contributed by atoms with E-state index in [-0.39, 0.29) is 0 Å². The summed E-state index contributed by atoms with van der Waals surface area (Å²) in [7, 11) is 0. The monoisotopic (exact) mass is 303 g/mol. The number of aliphatic imine (C=N–C) groups is 1. The van der Waals surface area contributed by atoms with E-state index in [1.807, 2.05) is 0 Å². The van der Waals surface area contributed by atoms with E-state index in [4.69, 9.17) is 5.26 Å². The summed E-state index contributed by atoms with van der Waals surface area (Å²) in [5, 5.41) is 11.5. The molecule has 0 aromatic heterocycles. The third-order valence-electron chi connectivity index (χ3n) is 2.65. The zero-order valence-electron chi connectivity index (χ0n) is 11.1. The molecule has 0 atom stereocenters. The summed E-state index contributed by atoms with van der Waals surface area (Å²) in [6.45, 7) is 0. The summed E-state index contributed by atoms with van der Waals surface area (Å²) >= 11 is 1.31. The van der Waals surface area contributed by atoms with Gasteiger partial charge in [0.25, 0.3) is 0 Å². The molecule has 0 radical (unpaired) electrons. The molecule has 21 heavy (non-hydrogen) atoms. The van der Waals surface area contributed by atoms with Crippen LogP contribution in [0.3, 0.4) is 0 Å². The summed E-state index contributed by atoms with van der Waals surface area (Å²) < 4.78 is 26.4. The predicted molar refractivity (Wildman–Crippen MR) is 81.2 cm³/mol. The minimum atomic E-state index is -0.616. The Balaban J connectivity index is 2.28. The van der Waals surface area contributed by atoms with Crippen LogP contribution in [0.4, 0.5) is 14.5 Å². The zero-order valence-corrected chi connectivity index (χ0v) is 11.9. The molecule has 0 aliphatic heterocycles. The van der Waals surface area contributed by atoms with Gasteiger partial charge in [0.1, 0.15) is 11.6 Å². The van der Waals surface area contributed by atoms with Crippen LogP contribution >= 0.6 is 11.8 Å². The lowest BCUT2D eigenvalue weighted by Crippen LogP contribution is -2.12. The normalized spacial score (nSPS) is 11.0. The van der Waals surface area contributed by atoms with Crippen molar-refractivity contribution in [1.82, 2.24) is 5.32 Å². The van der Waals surface area contributed by atoms with Crippen molar-refractivity contribution < 1.29 is 8.78 Å². The van der Waals surface area contributed by atoms with E-state index >= 15 is 0 Å². The molecule has 6 heteroatoms. The fourth-order valence-corrected chi connectivity index (χ4v) is 2.08. The highest BCUT2D eigenvalue weighted by Gasteiger charge is 2.03. The van der Waals surface area contributed by atoms with Crippen LogP contribution in [-0.4, -0.2) is 11.4 Å². The van der Waals surface area contributed by atoms with Crippen molar-refractivity contribution in [2.24, 2.45) is 4.99 Å². The van der Waals surface area contributed by atoms with E-state index in [0.29, 0.717) is 22.0 Å². The number of amidine groups is 1. The molecule has 2 aromatic rings. The molecular formula is C15H11F2N3S. The van der Waals surface area contributed by atoms with Crippen LogP contribution in [-0.2, 0) is 0 Å². The Morgan fingerprint density at radius 3 is 2.24 bits per heavy atom. The van der Waals surface area contributed by atoms with Crippen LogP contribution in [0.2, 0.25) is 0 Å². The minimum Gasteiger partial charge on any atom is -0.271 e. The molecule has 0 aliphatic carbocycles.